The molecule has 0 aromatic heterocycles. The van der Waals surface area contributed by atoms with E-state index in [-0.39, 0.29) is 35.9 Å². The van der Waals surface area contributed by atoms with Crippen molar-refractivity contribution in [3.63, 3.8) is 0 Å². The van der Waals surface area contributed by atoms with Crippen LogP contribution in [0.2, 0.25) is 0 Å². The molecule has 3 atom stereocenters. The fraction of sp³-hybridized carbons (Fsp3) is 0.895. The highest BCUT2D eigenvalue weighted by Gasteiger charge is 2.30. The van der Waals surface area contributed by atoms with Crippen molar-refractivity contribution in [2.24, 2.45) is 11.3 Å². The van der Waals surface area contributed by atoms with Gasteiger partial charge in [-0.15, -0.1) is 0 Å². The quantitative estimate of drug-likeness (QED) is 0.672. The molecule has 6 nitrogen and oxygen atoms in total. The van der Waals surface area contributed by atoms with Crippen LogP contribution < -0.4 is 0 Å². The van der Waals surface area contributed by atoms with Crippen LogP contribution in [0.15, 0.2) is 0 Å². The predicted octanol–water partition coefficient (Wildman–Crippen LogP) is 3.81. The third-order valence-electron chi connectivity index (χ3n) is 4.71. The molecule has 0 N–H and O–H groups in total. The second kappa shape index (κ2) is 10.8. The molecule has 25 heavy (non-hydrogen) atoms. The molecule has 0 radical (unpaired) electrons. The van der Waals surface area contributed by atoms with Gasteiger partial charge in [0.25, 0.3) is 0 Å². The molecule has 3 unspecified atom stereocenters. The van der Waals surface area contributed by atoms with Gasteiger partial charge in [-0.3, -0.25) is 9.59 Å². The molecule has 2 heterocycles. The SMILES string of the molecule is CCC(C)(C)C(=O)OC1CCCO1.CCC(C)C(=O)OC1CCCO1. The van der Waals surface area contributed by atoms with Crippen LogP contribution >= 0.6 is 0 Å². The third kappa shape index (κ3) is 7.74. The second-order valence-corrected chi connectivity index (χ2v) is 7.27. The van der Waals surface area contributed by atoms with Crippen LogP contribution in [-0.4, -0.2) is 37.7 Å². The van der Waals surface area contributed by atoms with Gasteiger partial charge < -0.3 is 18.9 Å². The maximum atomic E-state index is 11.5. The number of hydrogen-bond donors (Lipinski definition) is 0. The summed E-state index contributed by atoms with van der Waals surface area (Å²) in [7, 11) is 0. The van der Waals surface area contributed by atoms with Crippen molar-refractivity contribution in [1.82, 2.24) is 0 Å². The molecular formula is C19H34O6. The molecular weight excluding hydrogens is 324 g/mol. The molecule has 146 valence electrons. The average Bonchev–Trinajstić information content (AvgIpc) is 3.28. The fourth-order valence-electron chi connectivity index (χ4n) is 2.12. The number of hydrogen-bond acceptors (Lipinski definition) is 6. The molecule has 2 aliphatic heterocycles. The number of carbonyl (C=O) groups excluding carboxylic acids is 2. The molecule has 0 spiro atoms. The van der Waals surface area contributed by atoms with Gasteiger partial charge in [-0.1, -0.05) is 20.8 Å². The van der Waals surface area contributed by atoms with E-state index in [0.717, 1.165) is 45.1 Å². The monoisotopic (exact) mass is 358 g/mol. The van der Waals surface area contributed by atoms with Crippen molar-refractivity contribution in [1.29, 1.82) is 0 Å². The Labute approximate surface area is 151 Å². The minimum Gasteiger partial charge on any atom is -0.436 e. The Hall–Kier alpha value is -1.14. The highest BCUT2D eigenvalue weighted by atomic mass is 16.7. The van der Waals surface area contributed by atoms with Gasteiger partial charge in [0.15, 0.2) is 0 Å². The summed E-state index contributed by atoms with van der Waals surface area (Å²) in [6.07, 6.45) is 4.73. The fourth-order valence-corrected chi connectivity index (χ4v) is 2.12. The molecule has 0 aromatic rings. The smallest absolute Gasteiger partial charge is 0.313 e. The first-order valence-electron chi connectivity index (χ1n) is 9.45. The molecule has 0 amide bonds. The molecule has 2 saturated heterocycles. The van der Waals surface area contributed by atoms with E-state index in [4.69, 9.17) is 18.9 Å². The molecule has 0 aliphatic carbocycles. The molecule has 0 bridgehead atoms. The van der Waals surface area contributed by atoms with Gasteiger partial charge in [0, 0.05) is 12.8 Å². The summed E-state index contributed by atoms with van der Waals surface area (Å²) in [5.41, 5.74) is -0.383. The Balaban J connectivity index is 0.000000251. The highest BCUT2D eigenvalue weighted by Crippen LogP contribution is 2.24. The van der Waals surface area contributed by atoms with Gasteiger partial charge in [0.1, 0.15) is 0 Å². The standard InChI is InChI=1S/C10H18O3.C9H16O3/c1-4-10(2,3)9(11)13-8-6-5-7-12-8;1-3-7(2)9(10)12-8-5-4-6-11-8/h8H,4-7H2,1-3H3;7-8H,3-6H2,1-2H3. The Morgan fingerprint density at radius 2 is 1.56 bits per heavy atom. The van der Waals surface area contributed by atoms with Gasteiger partial charge in [-0.05, 0) is 39.5 Å². The zero-order chi connectivity index (χ0) is 18.9. The maximum Gasteiger partial charge on any atom is 0.313 e. The molecule has 0 aromatic carbocycles. The summed E-state index contributed by atoms with van der Waals surface area (Å²) in [5.74, 6) is -0.291. The third-order valence-corrected chi connectivity index (χ3v) is 4.71. The van der Waals surface area contributed by atoms with E-state index in [1.807, 2.05) is 34.6 Å². The van der Waals surface area contributed by atoms with Crippen molar-refractivity contribution in [3.8, 4) is 0 Å². The topological polar surface area (TPSA) is 71.1 Å². The Morgan fingerprint density at radius 3 is 1.96 bits per heavy atom. The van der Waals surface area contributed by atoms with E-state index < -0.39 is 0 Å². The van der Waals surface area contributed by atoms with Gasteiger partial charge >= 0.3 is 11.9 Å². The van der Waals surface area contributed by atoms with Gasteiger partial charge in [0.2, 0.25) is 12.6 Å². The van der Waals surface area contributed by atoms with E-state index in [0.29, 0.717) is 6.61 Å². The van der Waals surface area contributed by atoms with Gasteiger partial charge in [-0.2, -0.15) is 0 Å². The lowest BCUT2D eigenvalue weighted by Crippen LogP contribution is -2.29. The molecule has 0 saturated carbocycles. The molecule has 2 rings (SSSR count). The highest BCUT2D eigenvalue weighted by molar-refractivity contribution is 5.75. The minimum atomic E-state index is -0.383. The van der Waals surface area contributed by atoms with Crippen LogP contribution in [0.25, 0.3) is 0 Å². The average molecular weight is 358 g/mol. The van der Waals surface area contributed by atoms with E-state index in [2.05, 4.69) is 0 Å². The van der Waals surface area contributed by atoms with E-state index >= 15 is 0 Å². The second-order valence-electron chi connectivity index (χ2n) is 7.27. The number of esters is 2. The maximum absolute atomic E-state index is 11.5. The van der Waals surface area contributed by atoms with Crippen LogP contribution in [0.3, 0.4) is 0 Å². The zero-order valence-electron chi connectivity index (χ0n) is 16.3. The van der Waals surface area contributed by atoms with Crippen LogP contribution in [0.4, 0.5) is 0 Å². The Bertz CT molecular complexity index is 408. The number of ether oxygens (including phenoxy) is 4. The number of rotatable bonds is 6. The van der Waals surface area contributed by atoms with Crippen molar-refractivity contribution >= 4 is 11.9 Å². The van der Waals surface area contributed by atoms with E-state index in [1.165, 1.54) is 0 Å². The summed E-state index contributed by atoms with van der Waals surface area (Å²) in [5, 5.41) is 0. The Kier molecular flexibility index (Phi) is 9.43. The first kappa shape index (κ1) is 21.9. The van der Waals surface area contributed by atoms with Crippen molar-refractivity contribution in [2.75, 3.05) is 13.2 Å². The summed E-state index contributed by atoms with van der Waals surface area (Å²) < 4.78 is 20.7. The number of carbonyl (C=O) groups is 2. The largest absolute Gasteiger partial charge is 0.436 e. The van der Waals surface area contributed by atoms with Crippen molar-refractivity contribution in [3.05, 3.63) is 0 Å². The van der Waals surface area contributed by atoms with Crippen LogP contribution in [0, 0.1) is 11.3 Å². The van der Waals surface area contributed by atoms with Gasteiger partial charge in [-0.25, -0.2) is 0 Å². The first-order chi connectivity index (χ1) is 11.8. The zero-order valence-corrected chi connectivity index (χ0v) is 16.3. The minimum absolute atomic E-state index is 0.00537. The van der Waals surface area contributed by atoms with Crippen molar-refractivity contribution < 1.29 is 28.5 Å². The first-order valence-corrected chi connectivity index (χ1v) is 9.45. The van der Waals surface area contributed by atoms with Gasteiger partial charge in [0.05, 0.1) is 24.5 Å². The molecule has 6 heteroatoms. The van der Waals surface area contributed by atoms with Crippen LogP contribution in [0.1, 0.15) is 73.1 Å². The molecule has 2 aliphatic rings. The normalized spacial score (nSPS) is 24.2. The van der Waals surface area contributed by atoms with Crippen LogP contribution in [-0.2, 0) is 28.5 Å². The summed E-state index contributed by atoms with van der Waals surface area (Å²) in [6.45, 7) is 11.0. The van der Waals surface area contributed by atoms with Crippen molar-refractivity contribution in [2.45, 2.75) is 85.7 Å². The summed E-state index contributed by atoms with van der Waals surface area (Å²) in [4.78, 5) is 22.8. The summed E-state index contributed by atoms with van der Waals surface area (Å²) in [6, 6.07) is 0. The lowest BCUT2D eigenvalue weighted by molar-refractivity contribution is -0.180. The van der Waals surface area contributed by atoms with Crippen LogP contribution in [0.5, 0.6) is 0 Å². The Morgan fingerprint density at radius 1 is 1.04 bits per heavy atom. The lowest BCUT2D eigenvalue weighted by atomic mass is 9.91. The van der Waals surface area contributed by atoms with E-state index in [1.54, 1.807) is 0 Å². The summed E-state index contributed by atoms with van der Waals surface area (Å²) >= 11 is 0. The molecule has 2 fully saturated rings. The van der Waals surface area contributed by atoms with E-state index in [9.17, 15) is 9.59 Å². The predicted molar refractivity (Wildman–Crippen MR) is 93.7 cm³/mol. The lowest BCUT2D eigenvalue weighted by Gasteiger charge is -2.22.